The van der Waals surface area contributed by atoms with Gasteiger partial charge in [0.05, 0.1) is 21.3 Å². The van der Waals surface area contributed by atoms with Gasteiger partial charge in [-0.3, -0.25) is 0 Å². The second kappa shape index (κ2) is 7.80. The van der Waals surface area contributed by atoms with Crippen LogP contribution in [0.4, 0.5) is 5.82 Å². The molecule has 3 rings (SSSR count). The third-order valence-corrected chi connectivity index (χ3v) is 5.15. The summed E-state index contributed by atoms with van der Waals surface area (Å²) in [5, 5.41) is 0. The smallest absolute Gasteiger partial charge is 0.203 e. The second-order valence-electron chi connectivity index (χ2n) is 6.81. The van der Waals surface area contributed by atoms with Crippen molar-refractivity contribution in [1.29, 1.82) is 0 Å². The summed E-state index contributed by atoms with van der Waals surface area (Å²) < 4.78 is 16.4. The molecule has 0 aliphatic heterocycles. The number of methoxy groups -OCH3 is 3. The molecule has 0 saturated carbocycles. The lowest BCUT2D eigenvalue weighted by atomic mass is 9.95. The average Bonchev–Trinajstić information content (AvgIpc) is 2.70. The number of hydrogen-bond donors (Lipinski definition) is 1. The minimum absolute atomic E-state index is 0.443. The molecule has 5 nitrogen and oxygen atoms in total. The SMILES string of the molecule is COc1cc(-c2cc(-c3cc(C)c(C)c(C)c3)cnc2N)cc(OC)c1OC. The molecular formula is C23H26N2O3. The fourth-order valence-electron chi connectivity index (χ4n) is 3.30. The molecule has 2 N–H and O–H groups in total. The number of ether oxygens (including phenoxy) is 3. The molecular weight excluding hydrogens is 352 g/mol. The number of nitrogen functional groups attached to an aromatic ring is 1. The van der Waals surface area contributed by atoms with Gasteiger partial charge in [-0.2, -0.15) is 0 Å². The number of benzene rings is 2. The number of pyridine rings is 1. The van der Waals surface area contributed by atoms with Gasteiger partial charge in [-0.05, 0) is 66.8 Å². The summed E-state index contributed by atoms with van der Waals surface area (Å²) in [6, 6.07) is 10.2. The number of aromatic nitrogens is 1. The van der Waals surface area contributed by atoms with E-state index in [2.05, 4.69) is 37.9 Å². The maximum Gasteiger partial charge on any atom is 0.203 e. The Bertz CT molecular complexity index is 980. The Morgan fingerprint density at radius 2 is 1.29 bits per heavy atom. The van der Waals surface area contributed by atoms with Crippen LogP contribution in [0.2, 0.25) is 0 Å². The van der Waals surface area contributed by atoms with Crippen molar-refractivity contribution in [1.82, 2.24) is 4.98 Å². The quantitative estimate of drug-likeness (QED) is 0.680. The van der Waals surface area contributed by atoms with Crippen LogP contribution in [0.15, 0.2) is 36.5 Å². The highest BCUT2D eigenvalue weighted by Gasteiger charge is 2.16. The number of nitrogens with two attached hydrogens (primary N) is 1. The summed E-state index contributed by atoms with van der Waals surface area (Å²) in [7, 11) is 4.77. The summed E-state index contributed by atoms with van der Waals surface area (Å²) in [6.07, 6.45) is 1.81. The van der Waals surface area contributed by atoms with Gasteiger partial charge in [0.15, 0.2) is 11.5 Å². The maximum atomic E-state index is 6.21. The van der Waals surface area contributed by atoms with Crippen molar-refractivity contribution < 1.29 is 14.2 Å². The molecule has 0 spiro atoms. The molecule has 0 saturated heterocycles. The van der Waals surface area contributed by atoms with Crippen molar-refractivity contribution in [3.63, 3.8) is 0 Å². The van der Waals surface area contributed by atoms with Crippen molar-refractivity contribution in [2.45, 2.75) is 20.8 Å². The minimum atomic E-state index is 0.443. The first-order valence-electron chi connectivity index (χ1n) is 9.03. The minimum Gasteiger partial charge on any atom is -0.493 e. The maximum absolute atomic E-state index is 6.21. The summed E-state index contributed by atoms with van der Waals surface area (Å²) in [5.74, 6) is 2.13. The highest BCUT2D eigenvalue weighted by Crippen LogP contribution is 2.42. The zero-order valence-electron chi connectivity index (χ0n) is 17.2. The van der Waals surface area contributed by atoms with Crippen molar-refractivity contribution in [2.24, 2.45) is 0 Å². The molecule has 0 atom stereocenters. The van der Waals surface area contributed by atoms with E-state index in [0.29, 0.717) is 23.1 Å². The predicted octanol–water partition coefficient (Wildman–Crippen LogP) is 4.95. The van der Waals surface area contributed by atoms with E-state index in [9.17, 15) is 0 Å². The molecule has 5 heteroatoms. The van der Waals surface area contributed by atoms with Crippen LogP contribution in [0, 0.1) is 20.8 Å². The molecule has 146 valence electrons. The average molecular weight is 378 g/mol. The molecule has 0 aliphatic carbocycles. The molecule has 2 aromatic carbocycles. The fourth-order valence-corrected chi connectivity index (χ4v) is 3.30. The molecule has 0 fully saturated rings. The molecule has 3 aromatic rings. The standard InChI is InChI=1S/C23H26N2O3/c1-13-7-16(8-14(2)15(13)3)18-9-19(23(24)25-12-18)17-10-20(26-4)22(28-6)21(11-17)27-5/h7-12H,1-6H3,(H2,24,25). The summed E-state index contributed by atoms with van der Waals surface area (Å²) >= 11 is 0. The van der Waals surface area contributed by atoms with Crippen molar-refractivity contribution in [3.8, 4) is 39.5 Å². The van der Waals surface area contributed by atoms with Gasteiger partial charge in [0.2, 0.25) is 5.75 Å². The topological polar surface area (TPSA) is 66.6 Å². The molecule has 0 aliphatic rings. The Hall–Kier alpha value is -3.21. The third-order valence-electron chi connectivity index (χ3n) is 5.15. The summed E-state index contributed by atoms with van der Waals surface area (Å²) in [5.41, 5.74) is 13.8. The van der Waals surface area contributed by atoms with Gasteiger partial charge in [-0.15, -0.1) is 0 Å². The normalized spacial score (nSPS) is 10.6. The largest absolute Gasteiger partial charge is 0.493 e. The Balaban J connectivity index is 2.18. The van der Waals surface area contributed by atoms with Crippen LogP contribution >= 0.6 is 0 Å². The van der Waals surface area contributed by atoms with E-state index >= 15 is 0 Å². The van der Waals surface area contributed by atoms with Gasteiger partial charge >= 0.3 is 0 Å². The van der Waals surface area contributed by atoms with E-state index in [-0.39, 0.29) is 0 Å². The van der Waals surface area contributed by atoms with Gasteiger partial charge < -0.3 is 19.9 Å². The van der Waals surface area contributed by atoms with Crippen LogP contribution in [-0.2, 0) is 0 Å². The van der Waals surface area contributed by atoms with E-state index in [0.717, 1.165) is 22.3 Å². The Kier molecular flexibility index (Phi) is 5.45. The number of rotatable bonds is 5. The lowest BCUT2D eigenvalue weighted by Crippen LogP contribution is -1.99. The van der Waals surface area contributed by atoms with E-state index in [1.54, 1.807) is 27.5 Å². The first kappa shape index (κ1) is 19.5. The molecule has 0 radical (unpaired) electrons. The summed E-state index contributed by atoms with van der Waals surface area (Å²) in [6.45, 7) is 6.38. The van der Waals surface area contributed by atoms with Crippen molar-refractivity contribution in [3.05, 3.63) is 53.2 Å². The number of anilines is 1. The number of nitrogens with zero attached hydrogens (tertiary/aromatic N) is 1. The molecule has 1 aromatic heterocycles. The van der Waals surface area contributed by atoms with Crippen LogP contribution in [0.5, 0.6) is 17.2 Å². The predicted molar refractivity (Wildman–Crippen MR) is 113 cm³/mol. The zero-order valence-corrected chi connectivity index (χ0v) is 17.2. The van der Waals surface area contributed by atoms with Gasteiger partial charge in [0.25, 0.3) is 0 Å². The van der Waals surface area contributed by atoms with E-state index in [1.807, 2.05) is 18.2 Å². The van der Waals surface area contributed by atoms with Crippen LogP contribution in [0.1, 0.15) is 16.7 Å². The van der Waals surface area contributed by atoms with Crippen molar-refractivity contribution >= 4 is 5.82 Å². The summed E-state index contributed by atoms with van der Waals surface area (Å²) in [4.78, 5) is 4.43. The van der Waals surface area contributed by atoms with Crippen LogP contribution < -0.4 is 19.9 Å². The molecule has 0 amide bonds. The highest BCUT2D eigenvalue weighted by molar-refractivity contribution is 5.82. The molecule has 28 heavy (non-hydrogen) atoms. The molecule has 1 heterocycles. The Morgan fingerprint density at radius 3 is 1.79 bits per heavy atom. The van der Waals surface area contributed by atoms with Gasteiger partial charge in [-0.1, -0.05) is 12.1 Å². The molecule has 0 bridgehead atoms. The van der Waals surface area contributed by atoms with Gasteiger partial charge in [0, 0.05) is 17.3 Å². The monoisotopic (exact) mass is 378 g/mol. The fraction of sp³-hybridized carbons (Fsp3) is 0.261. The molecule has 0 unspecified atom stereocenters. The second-order valence-corrected chi connectivity index (χ2v) is 6.81. The third kappa shape index (κ3) is 3.48. The van der Waals surface area contributed by atoms with Crippen LogP contribution in [-0.4, -0.2) is 26.3 Å². The zero-order chi connectivity index (χ0) is 20.4. The Labute approximate surface area is 166 Å². The van der Waals surface area contributed by atoms with E-state index in [4.69, 9.17) is 19.9 Å². The number of hydrogen-bond acceptors (Lipinski definition) is 5. The van der Waals surface area contributed by atoms with Crippen LogP contribution in [0.25, 0.3) is 22.3 Å². The van der Waals surface area contributed by atoms with Crippen molar-refractivity contribution in [2.75, 3.05) is 27.1 Å². The highest BCUT2D eigenvalue weighted by atomic mass is 16.5. The first-order chi connectivity index (χ1) is 13.4. The van der Waals surface area contributed by atoms with Crippen LogP contribution in [0.3, 0.4) is 0 Å². The van der Waals surface area contributed by atoms with E-state index < -0.39 is 0 Å². The van der Waals surface area contributed by atoms with Gasteiger partial charge in [-0.25, -0.2) is 4.98 Å². The first-order valence-corrected chi connectivity index (χ1v) is 9.03. The number of aryl methyl sites for hydroxylation is 2. The van der Waals surface area contributed by atoms with Gasteiger partial charge in [0.1, 0.15) is 5.82 Å². The lowest BCUT2D eigenvalue weighted by Gasteiger charge is -2.16. The Morgan fingerprint density at radius 1 is 0.714 bits per heavy atom. The lowest BCUT2D eigenvalue weighted by molar-refractivity contribution is 0.324. The van der Waals surface area contributed by atoms with E-state index in [1.165, 1.54) is 16.7 Å².